The van der Waals surface area contributed by atoms with E-state index in [0.29, 0.717) is 6.07 Å². The second-order valence-electron chi connectivity index (χ2n) is 3.60. The van der Waals surface area contributed by atoms with E-state index in [0.717, 1.165) is 12.1 Å². The molecule has 0 aliphatic heterocycles. The fourth-order valence-electron chi connectivity index (χ4n) is 1.55. The van der Waals surface area contributed by atoms with Crippen molar-refractivity contribution in [1.29, 1.82) is 0 Å². The Kier molecular flexibility index (Phi) is 4.45. The van der Waals surface area contributed by atoms with Crippen molar-refractivity contribution in [1.82, 2.24) is 5.32 Å². The summed E-state index contributed by atoms with van der Waals surface area (Å²) in [4.78, 5) is 0. The molecule has 0 bridgehead atoms. The summed E-state index contributed by atoms with van der Waals surface area (Å²) in [6.07, 6.45) is -5.60. The molecule has 0 heterocycles. The van der Waals surface area contributed by atoms with Crippen LogP contribution < -0.4 is 5.32 Å². The number of rotatable bonds is 4. The number of benzene rings is 1. The average molecular weight is 253 g/mol. The first-order valence-corrected chi connectivity index (χ1v) is 5.08. The topological polar surface area (TPSA) is 12.0 Å². The number of nitrogens with one attached hydrogen (secondary N) is 1. The van der Waals surface area contributed by atoms with Crippen LogP contribution >= 0.6 is 0 Å². The maximum Gasteiger partial charge on any atom is 0.390 e. The highest BCUT2D eigenvalue weighted by Crippen LogP contribution is 2.30. The molecule has 1 aromatic carbocycles. The Hall–Kier alpha value is -1.17. The van der Waals surface area contributed by atoms with Crippen LogP contribution in [-0.2, 0) is 0 Å². The van der Waals surface area contributed by atoms with Gasteiger partial charge in [-0.3, -0.25) is 0 Å². The van der Waals surface area contributed by atoms with Crippen LogP contribution in [0.25, 0.3) is 0 Å². The first-order chi connectivity index (χ1) is 7.83. The second kappa shape index (κ2) is 5.44. The van der Waals surface area contributed by atoms with Crippen LogP contribution in [0.3, 0.4) is 0 Å². The van der Waals surface area contributed by atoms with Crippen molar-refractivity contribution >= 4 is 0 Å². The lowest BCUT2D eigenvalue weighted by molar-refractivity contribution is -0.140. The summed E-state index contributed by atoms with van der Waals surface area (Å²) in [5.41, 5.74) is -0.175. The van der Waals surface area contributed by atoms with E-state index < -0.39 is 30.3 Å². The van der Waals surface area contributed by atoms with E-state index in [1.165, 1.54) is 0 Å². The molecule has 1 rings (SSSR count). The van der Waals surface area contributed by atoms with Crippen LogP contribution in [0.15, 0.2) is 18.2 Å². The smallest absolute Gasteiger partial charge is 0.310 e. The minimum absolute atomic E-state index is 0.175. The summed E-state index contributed by atoms with van der Waals surface area (Å²) in [5.74, 6) is -1.78. The maximum atomic E-state index is 13.4. The molecular formula is C11H12F5N. The van der Waals surface area contributed by atoms with Crippen LogP contribution in [0.2, 0.25) is 0 Å². The monoisotopic (exact) mass is 253 g/mol. The van der Waals surface area contributed by atoms with Gasteiger partial charge < -0.3 is 5.32 Å². The van der Waals surface area contributed by atoms with Crippen molar-refractivity contribution < 1.29 is 22.0 Å². The van der Waals surface area contributed by atoms with Crippen molar-refractivity contribution in [2.75, 3.05) is 6.54 Å². The minimum Gasteiger partial charge on any atom is -0.310 e. The van der Waals surface area contributed by atoms with Gasteiger partial charge in [0.1, 0.15) is 11.6 Å². The van der Waals surface area contributed by atoms with Gasteiger partial charge in [0.2, 0.25) is 0 Å². The molecule has 0 fully saturated rings. The lowest BCUT2D eigenvalue weighted by Gasteiger charge is -2.20. The van der Waals surface area contributed by atoms with Gasteiger partial charge in [-0.25, -0.2) is 8.78 Å². The van der Waals surface area contributed by atoms with Gasteiger partial charge in [0.15, 0.2) is 0 Å². The van der Waals surface area contributed by atoms with Gasteiger partial charge in [0, 0.05) is 17.7 Å². The van der Waals surface area contributed by atoms with Gasteiger partial charge >= 0.3 is 6.18 Å². The Morgan fingerprint density at radius 3 is 2.35 bits per heavy atom. The second-order valence-corrected chi connectivity index (χ2v) is 3.60. The van der Waals surface area contributed by atoms with Crippen molar-refractivity contribution in [3.05, 3.63) is 35.4 Å². The van der Waals surface area contributed by atoms with E-state index in [1.54, 1.807) is 6.92 Å². The zero-order chi connectivity index (χ0) is 13.1. The molecule has 0 aromatic heterocycles. The third-order valence-electron chi connectivity index (χ3n) is 2.22. The fourth-order valence-corrected chi connectivity index (χ4v) is 1.55. The number of hydrogen-bond acceptors (Lipinski definition) is 1. The highest BCUT2D eigenvalue weighted by Gasteiger charge is 2.33. The van der Waals surface area contributed by atoms with E-state index >= 15 is 0 Å². The van der Waals surface area contributed by atoms with Crippen LogP contribution in [0, 0.1) is 11.6 Å². The molecule has 17 heavy (non-hydrogen) atoms. The van der Waals surface area contributed by atoms with Gasteiger partial charge in [0.25, 0.3) is 0 Å². The molecule has 1 atom stereocenters. The highest BCUT2D eigenvalue weighted by molar-refractivity contribution is 5.22. The lowest BCUT2D eigenvalue weighted by atomic mass is 10.0. The first-order valence-electron chi connectivity index (χ1n) is 5.08. The summed E-state index contributed by atoms with van der Waals surface area (Å²) >= 11 is 0. The molecule has 0 saturated heterocycles. The van der Waals surface area contributed by atoms with Crippen molar-refractivity contribution in [3.63, 3.8) is 0 Å². The van der Waals surface area contributed by atoms with Crippen LogP contribution in [0.5, 0.6) is 0 Å². The molecule has 0 aliphatic rings. The van der Waals surface area contributed by atoms with Crippen LogP contribution in [0.1, 0.15) is 24.9 Å². The predicted octanol–water partition coefficient (Wildman–Crippen LogP) is 3.57. The van der Waals surface area contributed by atoms with Crippen molar-refractivity contribution in [3.8, 4) is 0 Å². The Balaban J connectivity index is 2.97. The third-order valence-corrected chi connectivity index (χ3v) is 2.22. The number of alkyl halides is 3. The van der Waals surface area contributed by atoms with Gasteiger partial charge in [0.05, 0.1) is 6.42 Å². The van der Waals surface area contributed by atoms with E-state index in [9.17, 15) is 22.0 Å². The predicted molar refractivity (Wildman–Crippen MR) is 53.4 cm³/mol. The van der Waals surface area contributed by atoms with Crippen LogP contribution in [0.4, 0.5) is 22.0 Å². The molecule has 6 heteroatoms. The van der Waals surface area contributed by atoms with Crippen LogP contribution in [-0.4, -0.2) is 12.7 Å². The molecule has 1 aromatic rings. The molecule has 1 unspecified atom stereocenters. The Morgan fingerprint density at radius 2 is 1.88 bits per heavy atom. The maximum absolute atomic E-state index is 13.4. The molecule has 1 N–H and O–H groups in total. The Labute approximate surface area is 95.6 Å². The summed E-state index contributed by atoms with van der Waals surface area (Å²) in [6, 6.07) is 1.36. The van der Waals surface area contributed by atoms with Gasteiger partial charge in [-0.1, -0.05) is 13.0 Å². The molecule has 0 amide bonds. The van der Waals surface area contributed by atoms with Gasteiger partial charge in [-0.15, -0.1) is 0 Å². The number of hydrogen-bond donors (Lipinski definition) is 1. The minimum atomic E-state index is -4.41. The normalized spacial score (nSPS) is 13.8. The van der Waals surface area contributed by atoms with E-state index in [2.05, 4.69) is 5.32 Å². The fraction of sp³-hybridized carbons (Fsp3) is 0.455. The highest BCUT2D eigenvalue weighted by atomic mass is 19.4. The SMILES string of the molecule is CCNC(CC(F)(F)F)c1ccc(F)cc1F. The summed E-state index contributed by atoms with van der Waals surface area (Å²) in [6.45, 7) is 1.88. The van der Waals surface area contributed by atoms with Crippen molar-refractivity contribution in [2.45, 2.75) is 25.6 Å². The summed E-state index contributed by atoms with van der Waals surface area (Å²) in [5, 5.41) is 2.53. The Morgan fingerprint density at radius 1 is 1.24 bits per heavy atom. The van der Waals surface area contributed by atoms with Gasteiger partial charge in [-0.2, -0.15) is 13.2 Å². The van der Waals surface area contributed by atoms with Gasteiger partial charge in [-0.05, 0) is 12.6 Å². The lowest BCUT2D eigenvalue weighted by Crippen LogP contribution is -2.27. The third kappa shape index (κ3) is 4.30. The quantitative estimate of drug-likeness (QED) is 0.809. The van der Waals surface area contributed by atoms with Crippen molar-refractivity contribution in [2.24, 2.45) is 0 Å². The Bertz CT molecular complexity index is 375. The summed E-state index contributed by atoms with van der Waals surface area (Å²) < 4.78 is 62.9. The zero-order valence-electron chi connectivity index (χ0n) is 9.11. The molecule has 0 saturated carbocycles. The largest absolute Gasteiger partial charge is 0.390 e. The van der Waals surface area contributed by atoms with E-state index in [1.807, 2.05) is 0 Å². The molecule has 0 aliphatic carbocycles. The molecule has 0 spiro atoms. The average Bonchev–Trinajstić information content (AvgIpc) is 2.14. The standard InChI is InChI=1S/C11H12F5N/c1-2-17-10(6-11(14,15)16)8-4-3-7(12)5-9(8)13/h3-5,10,17H,2,6H2,1H3. The molecular weight excluding hydrogens is 241 g/mol. The number of halogens is 5. The summed E-state index contributed by atoms with van der Waals surface area (Å²) in [7, 11) is 0. The zero-order valence-corrected chi connectivity index (χ0v) is 9.11. The molecule has 1 nitrogen and oxygen atoms in total. The van der Waals surface area contributed by atoms with E-state index in [-0.39, 0.29) is 12.1 Å². The molecule has 0 radical (unpaired) electrons. The van der Waals surface area contributed by atoms with E-state index in [4.69, 9.17) is 0 Å². The first kappa shape index (κ1) is 13.9. The molecule has 96 valence electrons.